The lowest BCUT2D eigenvalue weighted by Gasteiger charge is -2.21. The molecule has 0 aliphatic rings. The molecule has 1 amide bonds. The lowest BCUT2D eigenvalue weighted by molar-refractivity contribution is -0.403. The number of quaternary nitrogens is 1. The molecule has 0 aliphatic carbocycles. The second-order valence-electron chi connectivity index (χ2n) is 4.34. The Morgan fingerprint density at radius 2 is 1.75 bits per heavy atom. The molecule has 108 valence electrons. The number of benzene rings is 1. The van der Waals surface area contributed by atoms with Crippen LogP contribution in [0.3, 0.4) is 0 Å². The van der Waals surface area contributed by atoms with Gasteiger partial charge < -0.3 is 30.9 Å². The largest absolute Gasteiger partial charge is 0.550 e. The van der Waals surface area contributed by atoms with Gasteiger partial charge in [0.05, 0.1) is 12.0 Å². The maximum absolute atomic E-state index is 11.8. The fourth-order valence-corrected chi connectivity index (χ4v) is 1.64. The van der Waals surface area contributed by atoms with Crippen LogP contribution in [0, 0.1) is 0 Å². The number of carboxylic acids is 2. The van der Waals surface area contributed by atoms with Crippen LogP contribution in [0.15, 0.2) is 30.3 Å². The molecule has 0 aromatic heterocycles. The van der Waals surface area contributed by atoms with Gasteiger partial charge in [-0.2, -0.15) is 0 Å². The van der Waals surface area contributed by atoms with Gasteiger partial charge in [-0.25, -0.2) is 0 Å². The summed E-state index contributed by atoms with van der Waals surface area (Å²) >= 11 is 0. The van der Waals surface area contributed by atoms with Crippen LogP contribution in [-0.4, -0.2) is 29.9 Å². The van der Waals surface area contributed by atoms with Crippen molar-refractivity contribution in [2.24, 2.45) is 0 Å². The molecular formula is C13H15N2O5-. The van der Waals surface area contributed by atoms with Crippen molar-refractivity contribution in [3.63, 3.8) is 0 Å². The third kappa shape index (κ3) is 5.07. The van der Waals surface area contributed by atoms with Crippen LogP contribution >= 0.6 is 0 Å². The summed E-state index contributed by atoms with van der Waals surface area (Å²) in [6, 6.07) is 6.70. The van der Waals surface area contributed by atoms with Crippen LogP contribution in [0.2, 0.25) is 0 Å². The van der Waals surface area contributed by atoms with Crippen molar-refractivity contribution in [3.8, 4) is 0 Å². The molecule has 0 aliphatic heterocycles. The minimum Gasteiger partial charge on any atom is -0.550 e. The number of carbonyl (C=O) groups excluding carboxylic acids is 3. The van der Waals surface area contributed by atoms with E-state index in [1.807, 2.05) is 18.2 Å². The number of amides is 1. The summed E-state index contributed by atoms with van der Waals surface area (Å²) < 4.78 is 0. The standard InChI is InChI=1S/C13H16N2O5/c14-9(6-8-4-2-1-3-5-8)12(18)15-10(13(19)20)7-11(16)17/h1-5,9-10H,6-7,14H2,(H,15,18)(H,16,17)(H,19,20)/p-1/t9-,10-/m0/s1. The number of carbonyl (C=O) groups is 3. The maximum Gasteiger partial charge on any atom is 0.279 e. The lowest BCUT2D eigenvalue weighted by Crippen LogP contribution is -2.70. The summed E-state index contributed by atoms with van der Waals surface area (Å²) in [7, 11) is 0. The van der Waals surface area contributed by atoms with Gasteiger partial charge in [0.1, 0.15) is 0 Å². The second-order valence-corrected chi connectivity index (χ2v) is 4.34. The molecule has 0 radical (unpaired) electrons. The maximum atomic E-state index is 11.8. The zero-order chi connectivity index (χ0) is 15.1. The molecule has 7 heteroatoms. The first-order valence-electron chi connectivity index (χ1n) is 5.98. The van der Waals surface area contributed by atoms with Crippen molar-refractivity contribution in [2.75, 3.05) is 0 Å². The molecule has 0 heterocycles. The monoisotopic (exact) mass is 279 g/mol. The Hall–Kier alpha value is -2.41. The van der Waals surface area contributed by atoms with Crippen LogP contribution in [0.4, 0.5) is 0 Å². The highest BCUT2D eigenvalue weighted by Crippen LogP contribution is 2.01. The average molecular weight is 279 g/mol. The molecule has 20 heavy (non-hydrogen) atoms. The predicted molar refractivity (Wildman–Crippen MR) is 63.4 cm³/mol. The van der Waals surface area contributed by atoms with Crippen LogP contribution in [0.5, 0.6) is 0 Å². The highest BCUT2D eigenvalue weighted by Gasteiger charge is 2.22. The van der Waals surface area contributed by atoms with Gasteiger partial charge in [-0.3, -0.25) is 4.79 Å². The molecule has 0 bridgehead atoms. The molecule has 0 fully saturated rings. The van der Waals surface area contributed by atoms with Crippen LogP contribution in [-0.2, 0) is 20.8 Å². The summed E-state index contributed by atoms with van der Waals surface area (Å²) in [5, 5.41) is 23.2. The number of rotatable bonds is 7. The number of hydrogen-bond donors (Lipinski definition) is 2. The van der Waals surface area contributed by atoms with E-state index in [1.165, 1.54) is 0 Å². The summed E-state index contributed by atoms with van der Waals surface area (Å²) in [5.74, 6) is -3.90. The van der Waals surface area contributed by atoms with E-state index in [2.05, 4.69) is 11.1 Å². The van der Waals surface area contributed by atoms with Crippen molar-refractivity contribution >= 4 is 17.8 Å². The SMILES string of the molecule is [NH3+][C@@H](Cc1ccccc1)C(=O)N[C@@H](CC(=O)[O-])C(=O)[O-]. The number of aliphatic carboxylic acids is 2. The summed E-state index contributed by atoms with van der Waals surface area (Å²) in [4.78, 5) is 32.9. The van der Waals surface area contributed by atoms with Gasteiger partial charge in [-0.1, -0.05) is 30.3 Å². The summed E-state index contributed by atoms with van der Waals surface area (Å²) in [6.45, 7) is 0. The topological polar surface area (TPSA) is 137 Å². The molecule has 0 spiro atoms. The Morgan fingerprint density at radius 3 is 2.25 bits per heavy atom. The van der Waals surface area contributed by atoms with Crippen molar-refractivity contribution < 1.29 is 30.3 Å². The van der Waals surface area contributed by atoms with Crippen LogP contribution in [0.1, 0.15) is 12.0 Å². The number of carboxylic acid groups (broad SMARTS) is 2. The van der Waals surface area contributed by atoms with E-state index in [0.717, 1.165) is 5.56 Å². The molecule has 0 unspecified atom stereocenters. The van der Waals surface area contributed by atoms with Gasteiger partial charge in [0.15, 0.2) is 6.04 Å². The highest BCUT2D eigenvalue weighted by molar-refractivity contribution is 5.87. The third-order valence-electron chi connectivity index (χ3n) is 2.67. The average Bonchev–Trinajstić information content (AvgIpc) is 2.38. The van der Waals surface area contributed by atoms with E-state index in [9.17, 15) is 24.6 Å². The molecule has 1 aromatic rings. The van der Waals surface area contributed by atoms with E-state index in [4.69, 9.17) is 0 Å². The second kappa shape index (κ2) is 7.25. The summed E-state index contributed by atoms with van der Waals surface area (Å²) in [5.41, 5.74) is 4.50. The number of nitrogens with one attached hydrogen (secondary N) is 1. The first-order valence-corrected chi connectivity index (χ1v) is 5.98. The first kappa shape index (κ1) is 15.6. The zero-order valence-corrected chi connectivity index (χ0v) is 10.7. The van der Waals surface area contributed by atoms with E-state index in [0.29, 0.717) is 6.42 Å². The highest BCUT2D eigenvalue weighted by atomic mass is 16.4. The lowest BCUT2D eigenvalue weighted by atomic mass is 10.1. The molecule has 1 rings (SSSR count). The first-order chi connectivity index (χ1) is 9.40. The quantitative estimate of drug-likeness (QED) is 0.527. The van der Waals surface area contributed by atoms with Crippen molar-refractivity contribution in [1.29, 1.82) is 0 Å². The Balaban J connectivity index is 2.59. The van der Waals surface area contributed by atoms with E-state index in [1.54, 1.807) is 12.1 Å². The van der Waals surface area contributed by atoms with Crippen molar-refractivity contribution in [3.05, 3.63) is 35.9 Å². The predicted octanol–water partition coefficient (Wildman–Crippen LogP) is -3.79. The minimum atomic E-state index is -1.67. The van der Waals surface area contributed by atoms with Crippen molar-refractivity contribution in [2.45, 2.75) is 24.9 Å². The van der Waals surface area contributed by atoms with Crippen LogP contribution < -0.4 is 21.3 Å². The van der Waals surface area contributed by atoms with E-state index < -0.39 is 36.4 Å². The third-order valence-corrected chi connectivity index (χ3v) is 2.67. The Morgan fingerprint density at radius 1 is 1.15 bits per heavy atom. The van der Waals surface area contributed by atoms with Gasteiger partial charge in [-0.05, 0) is 5.56 Å². The van der Waals surface area contributed by atoms with E-state index in [-0.39, 0.29) is 0 Å². The van der Waals surface area contributed by atoms with E-state index >= 15 is 0 Å². The molecule has 0 saturated heterocycles. The normalized spacial score (nSPS) is 13.2. The number of hydrogen-bond acceptors (Lipinski definition) is 5. The molecule has 1 aromatic carbocycles. The Bertz CT molecular complexity index is 489. The minimum absolute atomic E-state index is 0.317. The van der Waals surface area contributed by atoms with Crippen molar-refractivity contribution in [1.82, 2.24) is 5.32 Å². The summed E-state index contributed by atoms with van der Waals surface area (Å²) in [6.07, 6.45) is -0.524. The van der Waals surface area contributed by atoms with Crippen LogP contribution in [0.25, 0.3) is 0 Å². The van der Waals surface area contributed by atoms with Gasteiger partial charge >= 0.3 is 0 Å². The Labute approximate surface area is 115 Å². The molecule has 7 nitrogen and oxygen atoms in total. The van der Waals surface area contributed by atoms with Gasteiger partial charge in [0, 0.05) is 18.8 Å². The molecule has 2 atom stereocenters. The smallest absolute Gasteiger partial charge is 0.279 e. The Kier molecular flexibility index (Phi) is 5.67. The van der Waals surface area contributed by atoms with Gasteiger partial charge in [-0.15, -0.1) is 0 Å². The molecular weight excluding hydrogens is 264 g/mol. The molecule has 4 N–H and O–H groups in total. The molecule has 0 saturated carbocycles. The van der Waals surface area contributed by atoms with Gasteiger partial charge in [0.2, 0.25) is 0 Å². The van der Waals surface area contributed by atoms with Gasteiger partial charge in [0.25, 0.3) is 5.91 Å². The fourth-order valence-electron chi connectivity index (χ4n) is 1.64. The fraction of sp³-hybridized carbons (Fsp3) is 0.308. The zero-order valence-electron chi connectivity index (χ0n) is 10.7.